The van der Waals surface area contributed by atoms with Gasteiger partial charge >= 0.3 is 0 Å². The van der Waals surface area contributed by atoms with E-state index in [1.54, 1.807) is 13.0 Å². The Balaban J connectivity index is 1.33. The molecule has 1 amide bonds. The minimum Gasteiger partial charge on any atom is -0.493 e. The number of hydrogen-bond donors (Lipinski definition) is 1. The highest BCUT2D eigenvalue weighted by molar-refractivity contribution is 6.42. The Morgan fingerprint density at radius 2 is 1.84 bits per heavy atom. The number of nitrogens with one attached hydrogen (secondary N) is 1. The van der Waals surface area contributed by atoms with Crippen molar-refractivity contribution in [3.63, 3.8) is 0 Å². The van der Waals surface area contributed by atoms with Gasteiger partial charge in [0.05, 0.1) is 16.7 Å². The third kappa shape index (κ3) is 7.22. The van der Waals surface area contributed by atoms with E-state index in [-0.39, 0.29) is 17.7 Å². The number of carbonyl (C=O) groups is 2. The van der Waals surface area contributed by atoms with E-state index in [0.717, 1.165) is 49.4 Å². The number of benzene rings is 2. The van der Waals surface area contributed by atoms with Crippen molar-refractivity contribution in [2.75, 3.05) is 19.7 Å². The molecule has 1 aliphatic rings. The highest BCUT2D eigenvalue weighted by Crippen LogP contribution is 2.24. The van der Waals surface area contributed by atoms with Crippen LogP contribution in [0.3, 0.4) is 0 Å². The molecule has 2 aromatic rings. The Morgan fingerprint density at radius 1 is 1.09 bits per heavy atom. The first-order valence-corrected chi connectivity index (χ1v) is 11.8. The molecular weight excluding hydrogens is 447 g/mol. The zero-order valence-electron chi connectivity index (χ0n) is 18.6. The fraction of sp³-hybridized carbons (Fsp3) is 0.440. The highest BCUT2D eigenvalue weighted by atomic mass is 35.5. The van der Waals surface area contributed by atoms with Gasteiger partial charge in [-0.1, -0.05) is 29.3 Å². The van der Waals surface area contributed by atoms with Gasteiger partial charge in [-0.3, -0.25) is 14.5 Å². The van der Waals surface area contributed by atoms with Crippen LogP contribution in [0.15, 0.2) is 36.4 Å². The quantitative estimate of drug-likeness (QED) is 0.386. The molecule has 5 nitrogen and oxygen atoms in total. The molecule has 0 atom stereocenters. The topological polar surface area (TPSA) is 58.6 Å². The van der Waals surface area contributed by atoms with Crippen LogP contribution >= 0.6 is 23.2 Å². The van der Waals surface area contributed by atoms with Crippen LogP contribution in [0.2, 0.25) is 10.0 Å². The van der Waals surface area contributed by atoms with E-state index in [4.69, 9.17) is 27.9 Å². The zero-order valence-corrected chi connectivity index (χ0v) is 20.1. The van der Waals surface area contributed by atoms with Crippen molar-refractivity contribution in [1.82, 2.24) is 10.2 Å². The summed E-state index contributed by atoms with van der Waals surface area (Å²) in [5.41, 5.74) is 2.75. The molecule has 1 heterocycles. The fourth-order valence-corrected chi connectivity index (χ4v) is 4.20. The van der Waals surface area contributed by atoms with E-state index in [9.17, 15) is 9.59 Å². The molecule has 7 heteroatoms. The summed E-state index contributed by atoms with van der Waals surface area (Å²) in [6.45, 7) is 6.64. The maximum absolute atomic E-state index is 12.3. The molecule has 2 aromatic carbocycles. The number of aryl methyl sites for hydroxylation is 1. The minimum absolute atomic E-state index is 0.0385. The summed E-state index contributed by atoms with van der Waals surface area (Å²) in [5, 5.41) is 4.31. The molecule has 0 aromatic heterocycles. The third-order valence-corrected chi connectivity index (χ3v) is 6.47. The summed E-state index contributed by atoms with van der Waals surface area (Å²) in [5.74, 6) is 0.862. The van der Waals surface area contributed by atoms with Gasteiger partial charge in [-0.25, -0.2) is 0 Å². The monoisotopic (exact) mass is 476 g/mol. The first-order chi connectivity index (χ1) is 15.3. The lowest BCUT2D eigenvalue weighted by Gasteiger charge is -2.32. The number of piperidine rings is 1. The van der Waals surface area contributed by atoms with Gasteiger partial charge in [-0.2, -0.15) is 0 Å². The minimum atomic E-state index is 0.0385. The van der Waals surface area contributed by atoms with Crippen LogP contribution in [0.25, 0.3) is 0 Å². The maximum atomic E-state index is 12.3. The van der Waals surface area contributed by atoms with E-state index in [2.05, 4.69) is 10.2 Å². The van der Waals surface area contributed by atoms with Gasteiger partial charge in [0.25, 0.3) is 0 Å². The van der Waals surface area contributed by atoms with Crippen molar-refractivity contribution in [3.8, 4) is 5.75 Å². The van der Waals surface area contributed by atoms with Crippen molar-refractivity contribution in [2.24, 2.45) is 0 Å². The van der Waals surface area contributed by atoms with E-state index in [1.165, 1.54) is 0 Å². The van der Waals surface area contributed by atoms with Gasteiger partial charge in [0, 0.05) is 37.7 Å². The first-order valence-electron chi connectivity index (χ1n) is 11.0. The molecule has 1 fully saturated rings. The van der Waals surface area contributed by atoms with Crippen LogP contribution < -0.4 is 10.1 Å². The van der Waals surface area contributed by atoms with Crippen molar-refractivity contribution >= 4 is 34.9 Å². The summed E-state index contributed by atoms with van der Waals surface area (Å²) in [6.07, 6.45) is 2.96. The maximum Gasteiger partial charge on any atom is 0.220 e. The summed E-state index contributed by atoms with van der Waals surface area (Å²) < 4.78 is 5.78. The second kappa shape index (κ2) is 11.7. The zero-order chi connectivity index (χ0) is 23.1. The molecule has 3 rings (SSSR count). The van der Waals surface area contributed by atoms with E-state index in [1.807, 2.05) is 37.3 Å². The normalized spacial score (nSPS) is 14.9. The van der Waals surface area contributed by atoms with Crippen LogP contribution in [0.1, 0.15) is 54.1 Å². The number of likely N-dealkylation sites (tertiary alicyclic amines) is 1. The second-order valence-electron chi connectivity index (χ2n) is 8.35. The first kappa shape index (κ1) is 24.6. The molecule has 32 heavy (non-hydrogen) atoms. The average molecular weight is 477 g/mol. The highest BCUT2D eigenvalue weighted by Gasteiger charge is 2.20. The van der Waals surface area contributed by atoms with E-state index in [0.29, 0.717) is 35.1 Å². The lowest BCUT2D eigenvalue weighted by molar-refractivity contribution is -0.122. The van der Waals surface area contributed by atoms with Gasteiger partial charge in [0.2, 0.25) is 5.91 Å². The van der Waals surface area contributed by atoms with Crippen molar-refractivity contribution in [1.29, 1.82) is 0 Å². The van der Waals surface area contributed by atoms with Gasteiger partial charge in [-0.15, -0.1) is 0 Å². The number of ketones is 1. The van der Waals surface area contributed by atoms with Crippen molar-refractivity contribution in [3.05, 3.63) is 63.1 Å². The van der Waals surface area contributed by atoms with Gasteiger partial charge < -0.3 is 10.1 Å². The number of Topliss-reactive ketones (excluding diaryl/α,β-unsaturated/α-hetero) is 1. The fourth-order valence-electron chi connectivity index (χ4n) is 3.88. The number of amides is 1. The Bertz CT molecular complexity index is 956. The Labute approximate surface area is 200 Å². The Kier molecular flexibility index (Phi) is 8.97. The summed E-state index contributed by atoms with van der Waals surface area (Å²) in [7, 11) is 0. The molecule has 1 N–H and O–H groups in total. The third-order valence-electron chi connectivity index (χ3n) is 5.73. The molecule has 172 valence electrons. The number of rotatable bonds is 9. The molecule has 0 aliphatic carbocycles. The second-order valence-corrected chi connectivity index (χ2v) is 9.17. The number of ether oxygens (including phenoxy) is 1. The standard InChI is InChI=1S/C25H30Cl2N2O3/c1-17-14-20(18(2)30)6-8-24(17)32-13-3-4-25(31)28-21-9-11-29(12-10-21)16-19-5-7-22(26)23(27)15-19/h5-8,14-15,21H,3-4,9-13,16H2,1-2H3,(H,28,31). The van der Waals surface area contributed by atoms with Crippen LogP contribution in [-0.2, 0) is 11.3 Å². The molecule has 1 saturated heterocycles. The number of carbonyl (C=O) groups excluding carboxylic acids is 2. The van der Waals surface area contributed by atoms with E-state index < -0.39 is 0 Å². The average Bonchev–Trinajstić information content (AvgIpc) is 2.76. The summed E-state index contributed by atoms with van der Waals surface area (Å²) in [6, 6.07) is 11.4. The summed E-state index contributed by atoms with van der Waals surface area (Å²) in [4.78, 5) is 26.1. The Morgan fingerprint density at radius 3 is 2.50 bits per heavy atom. The van der Waals surface area contributed by atoms with Crippen molar-refractivity contribution < 1.29 is 14.3 Å². The molecule has 0 bridgehead atoms. The van der Waals surface area contributed by atoms with E-state index >= 15 is 0 Å². The molecule has 0 radical (unpaired) electrons. The van der Waals surface area contributed by atoms with Gasteiger partial charge in [-0.05, 0) is 74.6 Å². The van der Waals surface area contributed by atoms with Crippen LogP contribution in [-0.4, -0.2) is 42.3 Å². The van der Waals surface area contributed by atoms with Gasteiger partial charge in [0.15, 0.2) is 5.78 Å². The number of hydrogen-bond acceptors (Lipinski definition) is 4. The molecule has 0 spiro atoms. The number of halogens is 2. The molecule has 0 saturated carbocycles. The lowest BCUT2D eigenvalue weighted by Crippen LogP contribution is -2.44. The molecule has 1 aliphatic heterocycles. The van der Waals surface area contributed by atoms with Crippen molar-refractivity contribution in [2.45, 2.75) is 52.1 Å². The Hall–Kier alpha value is -2.08. The van der Waals surface area contributed by atoms with Gasteiger partial charge in [0.1, 0.15) is 5.75 Å². The molecular formula is C25H30Cl2N2O3. The summed E-state index contributed by atoms with van der Waals surface area (Å²) >= 11 is 12.1. The van der Waals surface area contributed by atoms with Crippen LogP contribution in [0, 0.1) is 6.92 Å². The largest absolute Gasteiger partial charge is 0.493 e. The SMILES string of the molecule is CC(=O)c1ccc(OCCCC(=O)NC2CCN(Cc3ccc(Cl)c(Cl)c3)CC2)c(C)c1. The lowest BCUT2D eigenvalue weighted by atomic mass is 10.0. The predicted octanol–water partition coefficient (Wildman–Crippen LogP) is 5.44. The molecule has 0 unspecified atom stereocenters. The number of nitrogens with zero attached hydrogens (tertiary/aromatic N) is 1. The predicted molar refractivity (Wildman–Crippen MR) is 129 cm³/mol. The van der Waals surface area contributed by atoms with Crippen LogP contribution in [0.4, 0.5) is 0 Å². The smallest absolute Gasteiger partial charge is 0.220 e. The van der Waals surface area contributed by atoms with Crippen LogP contribution in [0.5, 0.6) is 5.75 Å².